The van der Waals surface area contributed by atoms with Crippen molar-refractivity contribution in [2.24, 2.45) is 10.9 Å². The molecule has 0 radical (unpaired) electrons. The highest BCUT2D eigenvalue weighted by Crippen LogP contribution is 2.22. The Morgan fingerprint density at radius 1 is 1.55 bits per heavy atom. The van der Waals surface area contributed by atoms with Crippen LogP contribution in [0.5, 0.6) is 0 Å². The van der Waals surface area contributed by atoms with Crippen molar-refractivity contribution >= 4 is 5.69 Å². The van der Waals surface area contributed by atoms with E-state index in [-0.39, 0.29) is 0 Å². The molecule has 0 aromatic heterocycles. The van der Waals surface area contributed by atoms with E-state index in [1.165, 1.54) is 0 Å². The maximum absolute atomic E-state index is 10.3. The first-order valence-electron chi connectivity index (χ1n) is 3.41. The average Bonchev–Trinajstić information content (AvgIpc) is 2.04. The summed E-state index contributed by atoms with van der Waals surface area (Å²) in [4.78, 5) is 10.3. The Hall–Kier alpha value is -1.22. The number of nitroso groups, excluding NO2 is 1. The van der Waals surface area contributed by atoms with Crippen molar-refractivity contribution < 1.29 is 0 Å². The van der Waals surface area contributed by atoms with Crippen molar-refractivity contribution in [1.82, 2.24) is 0 Å². The second-order valence-electron chi connectivity index (χ2n) is 2.38. The van der Waals surface area contributed by atoms with Crippen molar-refractivity contribution in [2.45, 2.75) is 13.5 Å². The van der Waals surface area contributed by atoms with Gasteiger partial charge in [0.1, 0.15) is 5.69 Å². The van der Waals surface area contributed by atoms with Crippen LogP contribution in [0.25, 0.3) is 0 Å². The largest absolute Gasteiger partial charge is 0.326 e. The van der Waals surface area contributed by atoms with Crippen molar-refractivity contribution in [2.75, 3.05) is 0 Å². The van der Waals surface area contributed by atoms with Gasteiger partial charge in [0.05, 0.1) is 0 Å². The third-order valence-electron chi connectivity index (χ3n) is 1.63. The quantitative estimate of drug-likeness (QED) is 0.654. The lowest BCUT2D eigenvalue weighted by atomic mass is 10.1. The highest BCUT2D eigenvalue weighted by molar-refractivity contribution is 5.51. The molecule has 58 valence electrons. The highest BCUT2D eigenvalue weighted by Gasteiger charge is 2.02. The molecule has 0 spiro atoms. The number of rotatable bonds is 2. The van der Waals surface area contributed by atoms with Gasteiger partial charge in [-0.2, -0.15) is 0 Å². The maximum atomic E-state index is 10.3. The minimum absolute atomic E-state index is 0.364. The molecule has 2 N–H and O–H groups in total. The molecule has 0 saturated heterocycles. The molecule has 0 amide bonds. The SMILES string of the molecule is Cc1cccc(CN)c1N=O. The third kappa shape index (κ3) is 1.43. The van der Waals surface area contributed by atoms with Gasteiger partial charge in [-0.15, -0.1) is 4.91 Å². The predicted octanol–water partition coefficient (Wildman–Crippen LogP) is 1.85. The fourth-order valence-corrected chi connectivity index (χ4v) is 1.02. The molecular weight excluding hydrogens is 140 g/mol. The van der Waals surface area contributed by atoms with Crippen LogP contribution in [0.3, 0.4) is 0 Å². The number of hydrogen-bond acceptors (Lipinski definition) is 3. The molecule has 3 nitrogen and oxygen atoms in total. The van der Waals surface area contributed by atoms with Crippen LogP contribution in [-0.4, -0.2) is 0 Å². The van der Waals surface area contributed by atoms with Gasteiger partial charge in [0.25, 0.3) is 0 Å². The lowest BCUT2D eigenvalue weighted by Gasteiger charge is -2.01. The Labute approximate surface area is 65.2 Å². The molecule has 0 heterocycles. The summed E-state index contributed by atoms with van der Waals surface area (Å²) >= 11 is 0. The molecule has 0 aliphatic carbocycles. The van der Waals surface area contributed by atoms with E-state index in [1.54, 1.807) is 0 Å². The van der Waals surface area contributed by atoms with E-state index in [2.05, 4.69) is 5.18 Å². The molecule has 0 atom stereocenters. The van der Waals surface area contributed by atoms with Crippen LogP contribution >= 0.6 is 0 Å². The zero-order valence-corrected chi connectivity index (χ0v) is 6.37. The molecule has 11 heavy (non-hydrogen) atoms. The fourth-order valence-electron chi connectivity index (χ4n) is 1.02. The first-order chi connectivity index (χ1) is 5.29. The van der Waals surface area contributed by atoms with E-state index >= 15 is 0 Å². The third-order valence-corrected chi connectivity index (χ3v) is 1.63. The van der Waals surface area contributed by atoms with Crippen LogP contribution < -0.4 is 5.73 Å². The smallest absolute Gasteiger partial charge is 0.115 e. The zero-order valence-electron chi connectivity index (χ0n) is 6.37. The van der Waals surface area contributed by atoms with Gasteiger partial charge in [-0.25, -0.2) is 0 Å². The van der Waals surface area contributed by atoms with Gasteiger partial charge < -0.3 is 5.73 Å². The van der Waals surface area contributed by atoms with E-state index in [4.69, 9.17) is 5.73 Å². The first kappa shape index (κ1) is 7.88. The Morgan fingerprint density at radius 3 is 2.73 bits per heavy atom. The normalized spacial score (nSPS) is 9.64. The van der Waals surface area contributed by atoms with Crippen LogP contribution in [0, 0.1) is 11.8 Å². The lowest BCUT2D eigenvalue weighted by molar-refractivity contribution is 1.06. The van der Waals surface area contributed by atoms with Gasteiger partial charge in [0.15, 0.2) is 0 Å². The molecule has 0 bridgehead atoms. The Kier molecular flexibility index (Phi) is 2.33. The maximum Gasteiger partial charge on any atom is 0.115 e. The molecule has 1 aromatic rings. The first-order valence-corrected chi connectivity index (χ1v) is 3.41. The number of nitrogens with zero attached hydrogens (tertiary/aromatic N) is 1. The summed E-state index contributed by atoms with van der Waals surface area (Å²) in [5, 5.41) is 2.91. The van der Waals surface area contributed by atoms with E-state index in [0.717, 1.165) is 11.1 Å². The van der Waals surface area contributed by atoms with Crippen LogP contribution in [0.15, 0.2) is 23.4 Å². The fraction of sp³-hybridized carbons (Fsp3) is 0.250. The average molecular weight is 150 g/mol. The molecule has 3 heteroatoms. The minimum Gasteiger partial charge on any atom is -0.326 e. The van der Waals surface area contributed by atoms with E-state index in [1.807, 2.05) is 25.1 Å². The van der Waals surface area contributed by atoms with Gasteiger partial charge in [-0.1, -0.05) is 18.2 Å². The summed E-state index contributed by atoms with van der Waals surface area (Å²) in [6.07, 6.45) is 0. The summed E-state index contributed by atoms with van der Waals surface area (Å²) in [7, 11) is 0. The van der Waals surface area contributed by atoms with Gasteiger partial charge in [0, 0.05) is 6.54 Å². The summed E-state index contributed by atoms with van der Waals surface area (Å²) < 4.78 is 0. The Balaban J connectivity index is 3.24. The second-order valence-corrected chi connectivity index (χ2v) is 2.38. The summed E-state index contributed by atoms with van der Waals surface area (Å²) in [5.41, 5.74) is 7.56. The molecule has 0 aliphatic rings. The Bertz CT molecular complexity index is 271. The predicted molar refractivity (Wildman–Crippen MR) is 44.5 cm³/mol. The number of hydrogen-bond donors (Lipinski definition) is 1. The highest BCUT2D eigenvalue weighted by atomic mass is 16.3. The number of nitrogens with two attached hydrogens (primary N) is 1. The van der Waals surface area contributed by atoms with Crippen molar-refractivity contribution in [3.8, 4) is 0 Å². The molecule has 0 unspecified atom stereocenters. The van der Waals surface area contributed by atoms with Crippen molar-refractivity contribution in [3.63, 3.8) is 0 Å². The number of benzene rings is 1. The van der Waals surface area contributed by atoms with Crippen LogP contribution in [0.2, 0.25) is 0 Å². The molecule has 1 rings (SSSR count). The monoisotopic (exact) mass is 150 g/mol. The molecule has 0 fully saturated rings. The van der Waals surface area contributed by atoms with Gasteiger partial charge in [0.2, 0.25) is 0 Å². The van der Waals surface area contributed by atoms with Crippen LogP contribution in [0.4, 0.5) is 5.69 Å². The molecule has 1 aromatic carbocycles. The number of aryl methyl sites for hydroxylation is 1. The van der Waals surface area contributed by atoms with Crippen LogP contribution in [0.1, 0.15) is 11.1 Å². The molecule has 0 aliphatic heterocycles. The second kappa shape index (κ2) is 3.25. The lowest BCUT2D eigenvalue weighted by Crippen LogP contribution is -1.96. The van der Waals surface area contributed by atoms with Crippen molar-refractivity contribution in [3.05, 3.63) is 34.2 Å². The summed E-state index contributed by atoms with van der Waals surface area (Å²) in [5.74, 6) is 0. The van der Waals surface area contributed by atoms with E-state index < -0.39 is 0 Å². The van der Waals surface area contributed by atoms with E-state index in [9.17, 15) is 4.91 Å². The summed E-state index contributed by atoms with van der Waals surface area (Å²) in [6, 6.07) is 5.52. The Morgan fingerprint density at radius 2 is 2.27 bits per heavy atom. The minimum atomic E-state index is 0.364. The van der Waals surface area contributed by atoms with E-state index in [0.29, 0.717) is 12.2 Å². The van der Waals surface area contributed by atoms with Crippen LogP contribution in [-0.2, 0) is 6.54 Å². The van der Waals surface area contributed by atoms with Gasteiger partial charge >= 0.3 is 0 Å². The van der Waals surface area contributed by atoms with Gasteiger partial charge in [-0.3, -0.25) is 0 Å². The van der Waals surface area contributed by atoms with Gasteiger partial charge in [-0.05, 0) is 23.2 Å². The van der Waals surface area contributed by atoms with Crippen molar-refractivity contribution in [1.29, 1.82) is 0 Å². The zero-order chi connectivity index (χ0) is 8.27. The molecular formula is C8H10N2O. The standard InChI is InChI=1S/C8H10N2O/c1-6-3-2-4-7(5-9)8(6)10-11/h2-4H,5,9H2,1H3. The topological polar surface area (TPSA) is 55.4 Å². The molecule has 0 saturated carbocycles. The summed E-state index contributed by atoms with van der Waals surface area (Å²) in [6.45, 7) is 2.21.